The Labute approximate surface area is 127 Å². The molecule has 0 radical (unpaired) electrons. The molecule has 0 aliphatic carbocycles. The first-order valence-electron chi connectivity index (χ1n) is 6.11. The van der Waals surface area contributed by atoms with Crippen LogP contribution in [-0.4, -0.2) is 19.5 Å². The van der Waals surface area contributed by atoms with Crippen molar-refractivity contribution in [3.8, 4) is 0 Å². The Morgan fingerprint density at radius 3 is 2.10 bits per heavy atom. The van der Waals surface area contributed by atoms with Crippen LogP contribution in [0.25, 0.3) is 0 Å². The van der Waals surface area contributed by atoms with Crippen LogP contribution in [0.15, 0.2) is 53.4 Å². The van der Waals surface area contributed by atoms with Crippen molar-refractivity contribution >= 4 is 27.2 Å². The van der Waals surface area contributed by atoms with Crippen LogP contribution in [0, 0.1) is 5.82 Å². The van der Waals surface area contributed by atoms with E-state index in [0.717, 1.165) is 24.3 Å². The first-order chi connectivity index (χ1) is 9.82. The van der Waals surface area contributed by atoms with Gasteiger partial charge in [0.25, 0.3) is 0 Å². The van der Waals surface area contributed by atoms with Gasteiger partial charge in [-0.3, -0.25) is 4.79 Å². The highest BCUT2D eigenvalue weighted by Gasteiger charge is 2.30. The number of hydrogen-bond acceptors (Lipinski definition) is 3. The molecule has 0 aromatic heterocycles. The van der Waals surface area contributed by atoms with Crippen molar-refractivity contribution in [1.82, 2.24) is 0 Å². The Balaban J connectivity index is 2.33. The highest BCUT2D eigenvalue weighted by Crippen LogP contribution is 2.20. The van der Waals surface area contributed by atoms with Crippen LogP contribution in [0.5, 0.6) is 0 Å². The maximum atomic E-state index is 12.9. The molecule has 0 aliphatic heterocycles. The molecule has 21 heavy (non-hydrogen) atoms. The zero-order valence-corrected chi connectivity index (χ0v) is 12.7. The van der Waals surface area contributed by atoms with E-state index in [-0.39, 0.29) is 10.5 Å². The highest BCUT2D eigenvalue weighted by atomic mass is 35.5. The van der Waals surface area contributed by atoms with E-state index in [1.165, 1.54) is 31.2 Å². The van der Waals surface area contributed by atoms with Crippen molar-refractivity contribution in [3.05, 3.63) is 64.9 Å². The minimum Gasteiger partial charge on any atom is -0.293 e. The summed E-state index contributed by atoms with van der Waals surface area (Å²) in [6.07, 6.45) is 0. The lowest BCUT2D eigenvalue weighted by Crippen LogP contribution is -2.27. The van der Waals surface area contributed by atoms with Crippen LogP contribution >= 0.6 is 11.6 Å². The number of rotatable bonds is 4. The summed E-state index contributed by atoms with van der Waals surface area (Å²) in [7, 11) is -3.86. The normalized spacial score (nSPS) is 12.9. The van der Waals surface area contributed by atoms with Crippen LogP contribution in [0.4, 0.5) is 4.39 Å². The molecule has 2 rings (SSSR count). The van der Waals surface area contributed by atoms with Gasteiger partial charge in [0.15, 0.2) is 15.6 Å². The smallest absolute Gasteiger partial charge is 0.188 e. The summed E-state index contributed by atoms with van der Waals surface area (Å²) in [6, 6.07) is 10.4. The van der Waals surface area contributed by atoms with Gasteiger partial charge in [0.2, 0.25) is 0 Å². The van der Waals surface area contributed by atoms with Gasteiger partial charge in [-0.15, -0.1) is 0 Å². The van der Waals surface area contributed by atoms with Crippen molar-refractivity contribution in [2.75, 3.05) is 0 Å². The summed E-state index contributed by atoms with van der Waals surface area (Å²) < 4.78 is 37.6. The summed E-state index contributed by atoms with van der Waals surface area (Å²) in [5, 5.41) is -0.801. The van der Waals surface area contributed by atoms with Crippen LogP contribution in [-0.2, 0) is 9.84 Å². The number of sulfone groups is 1. The number of Topliss-reactive ketones (excluding diaryl/α,β-unsaturated/α-hetero) is 1. The second-order valence-electron chi connectivity index (χ2n) is 4.51. The summed E-state index contributed by atoms with van der Waals surface area (Å²) in [4.78, 5) is 12.2. The topological polar surface area (TPSA) is 51.2 Å². The number of hydrogen-bond donors (Lipinski definition) is 0. The molecule has 1 unspecified atom stereocenters. The van der Waals surface area contributed by atoms with Gasteiger partial charge in [-0.1, -0.05) is 11.6 Å². The van der Waals surface area contributed by atoms with Crippen LogP contribution in [0.2, 0.25) is 5.02 Å². The zero-order valence-electron chi connectivity index (χ0n) is 11.1. The maximum absolute atomic E-state index is 12.9. The summed E-state index contributed by atoms with van der Waals surface area (Å²) in [5.74, 6) is -1.07. The molecule has 0 spiro atoms. The fourth-order valence-electron chi connectivity index (χ4n) is 1.82. The Hall–Kier alpha value is -1.72. The molecule has 0 bridgehead atoms. The second kappa shape index (κ2) is 5.95. The molecule has 2 aromatic rings. The van der Waals surface area contributed by atoms with Crippen molar-refractivity contribution in [3.63, 3.8) is 0 Å². The molecule has 0 heterocycles. The summed E-state index contributed by atoms with van der Waals surface area (Å²) in [6.45, 7) is 1.32. The lowest BCUT2D eigenvalue weighted by molar-refractivity contribution is 0.0991. The molecule has 1 atom stereocenters. The van der Waals surface area contributed by atoms with E-state index in [0.29, 0.717) is 5.02 Å². The predicted molar refractivity (Wildman–Crippen MR) is 78.8 cm³/mol. The quantitative estimate of drug-likeness (QED) is 0.638. The predicted octanol–water partition coefficient (Wildman–Crippen LogP) is 3.52. The SMILES string of the molecule is CC(C(=O)c1ccc(Cl)cc1)S(=O)(=O)c1ccc(F)cc1. The third kappa shape index (κ3) is 3.31. The van der Waals surface area contributed by atoms with Gasteiger partial charge >= 0.3 is 0 Å². The standard InChI is InChI=1S/C15H12ClFO3S/c1-10(15(18)11-2-4-12(16)5-3-11)21(19,20)14-8-6-13(17)7-9-14/h2-10H,1H3. The van der Waals surface area contributed by atoms with E-state index in [1.54, 1.807) is 0 Å². The van der Waals surface area contributed by atoms with E-state index in [9.17, 15) is 17.6 Å². The maximum Gasteiger partial charge on any atom is 0.188 e. The molecule has 0 saturated carbocycles. The van der Waals surface area contributed by atoms with Gasteiger partial charge in [0, 0.05) is 10.6 Å². The third-order valence-corrected chi connectivity index (χ3v) is 5.43. The fourth-order valence-corrected chi connectivity index (χ4v) is 3.29. The molecular formula is C15H12ClFO3S. The molecule has 3 nitrogen and oxygen atoms in total. The average Bonchev–Trinajstić information content (AvgIpc) is 2.47. The zero-order chi connectivity index (χ0) is 15.6. The molecule has 6 heteroatoms. The average molecular weight is 327 g/mol. The Kier molecular flexibility index (Phi) is 4.44. The van der Waals surface area contributed by atoms with Crippen molar-refractivity contribution in [2.24, 2.45) is 0 Å². The Morgan fingerprint density at radius 2 is 1.57 bits per heavy atom. The van der Waals surface area contributed by atoms with Crippen LogP contribution in [0.1, 0.15) is 17.3 Å². The molecular weight excluding hydrogens is 315 g/mol. The van der Waals surface area contributed by atoms with E-state index in [4.69, 9.17) is 11.6 Å². The van der Waals surface area contributed by atoms with Crippen molar-refractivity contribution in [1.29, 1.82) is 0 Å². The van der Waals surface area contributed by atoms with E-state index in [1.807, 2.05) is 0 Å². The van der Waals surface area contributed by atoms with Gasteiger partial charge in [0.05, 0.1) is 4.90 Å². The van der Waals surface area contributed by atoms with E-state index < -0.39 is 26.7 Å². The monoisotopic (exact) mass is 326 g/mol. The largest absolute Gasteiger partial charge is 0.293 e. The van der Waals surface area contributed by atoms with Crippen molar-refractivity contribution < 1.29 is 17.6 Å². The molecule has 0 amide bonds. The molecule has 0 fully saturated rings. The molecule has 0 saturated heterocycles. The summed E-state index contributed by atoms with van der Waals surface area (Å²) in [5.41, 5.74) is 0.262. The van der Waals surface area contributed by atoms with Gasteiger partial charge in [-0.05, 0) is 55.5 Å². The number of halogens is 2. The van der Waals surface area contributed by atoms with Gasteiger partial charge in [-0.25, -0.2) is 12.8 Å². The Bertz CT molecular complexity index is 753. The third-order valence-electron chi connectivity index (χ3n) is 3.11. The molecule has 0 N–H and O–H groups in total. The lowest BCUT2D eigenvalue weighted by Gasteiger charge is -2.12. The first-order valence-corrected chi connectivity index (χ1v) is 8.04. The molecule has 110 valence electrons. The molecule has 2 aromatic carbocycles. The first kappa shape index (κ1) is 15.7. The van der Waals surface area contributed by atoms with Crippen molar-refractivity contribution in [2.45, 2.75) is 17.1 Å². The second-order valence-corrected chi connectivity index (χ2v) is 7.22. The highest BCUT2D eigenvalue weighted by molar-refractivity contribution is 7.92. The number of ketones is 1. The number of carbonyl (C=O) groups is 1. The fraction of sp³-hybridized carbons (Fsp3) is 0.133. The van der Waals surface area contributed by atoms with E-state index >= 15 is 0 Å². The molecule has 0 aliphatic rings. The van der Waals surface area contributed by atoms with Crippen LogP contribution < -0.4 is 0 Å². The number of benzene rings is 2. The van der Waals surface area contributed by atoms with Gasteiger partial charge in [-0.2, -0.15) is 0 Å². The summed E-state index contributed by atoms with van der Waals surface area (Å²) >= 11 is 5.73. The van der Waals surface area contributed by atoms with E-state index in [2.05, 4.69) is 0 Å². The minimum absolute atomic E-state index is 0.0845. The van der Waals surface area contributed by atoms with Crippen LogP contribution in [0.3, 0.4) is 0 Å². The minimum atomic E-state index is -3.86. The lowest BCUT2D eigenvalue weighted by atomic mass is 10.1. The number of carbonyl (C=O) groups excluding carboxylic acids is 1. The van der Waals surface area contributed by atoms with Gasteiger partial charge in [0.1, 0.15) is 11.1 Å². The Morgan fingerprint density at radius 1 is 1.05 bits per heavy atom. The van der Waals surface area contributed by atoms with Gasteiger partial charge < -0.3 is 0 Å².